The molecule has 0 bridgehead atoms. The Morgan fingerprint density at radius 1 is 1.24 bits per heavy atom. The lowest BCUT2D eigenvalue weighted by Gasteiger charge is -2.28. The maximum absolute atomic E-state index is 12.7. The molecule has 0 aliphatic carbocycles. The van der Waals surface area contributed by atoms with Crippen LogP contribution in [0.1, 0.15) is 23.7 Å². The first-order valence-electron chi connectivity index (χ1n) is 10.6. The minimum Gasteiger partial charge on any atom is -0.481 e. The normalized spacial score (nSPS) is 21.3. The lowest BCUT2D eigenvalue weighted by molar-refractivity contribution is -0.139. The van der Waals surface area contributed by atoms with Crippen molar-refractivity contribution in [3.8, 4) is 0 Å². The van der Waals surface area contributed by atoms with Gasteiger partial charge in [-0.15, -0.1) is 0 Å². The highest BCUT2D eigenvalue weighted by atomic mass is 31.2. The van der Waals surface area contributed by atoms with Gasteiger partial charge in [0.1, 0.15) is 12.7 Å². The van der Waals surface area contributed by atoms with Crippen LogP contribution in [0.2, 0.25) is 0 Å². The largest absolute Gasteiger partial charge is 0.481 e. The van der Waals surface area contributed by atoms with Crippen molar-refractivity contribution in [1.82, 2.24) is 19.5 Å². The molecule has 3 aromatic rings. The predicted molar refractivity (Wildman–Crippen MR) is 120 cm³/mol. The average molecular weight is 489 g/mol. The molecule has 13 heteroatoms. The molecule has 0 spiro atoms. The molecule has 4 rings (SSSR count). The van der Waals surface area contributed by atoms with Crippen LogP contribution in [-0.2, 0) is 29.7 Å². The van der Waals surface area contributed by atoms with Gasteiger partial charge in [0.2, 0.25) is 0 Å². The highest BCUT2D eigenvalue weighted by Crippen LogP contribution is 2.51. The third kappa shape index (κ3) is 5.84. The molecule has 0 unspecified atom stereocenters. The van der Waals surface area contributed by atoms with Crippen molar-refractivity contribution in [3.63, 3.8) is 0 Å². The van der Waals surface area contributed by atoms with Gasteiger partial charge in [0.25, 0.3) is 5.91 Å². The number of carboxylic acids is 1. The number of amides is 1. The summed E-state index contributed by atoms with van der Waals surface area (Å²) in [6.45, 7) is 2.21. The summed E-state index contributed by atoms with van der Waals surface area (Å²) in [6.07, 6.45) is 2.13. The van der Waals surface area contributed by atoms with Gasteiger partial charge < -0.3 is 28.8 Å². The fraction of sp³-hybridized carbons (Fsp3) is 0.381. The lowest BCUT2D eigenvalue weighted by Crippen LogP contribution is -2.26. The van der Waals surface area contributed by atoms with E-state index in [1.165, 1.54) is 6.33 Å². The number of carbonyl (C=O) groups excluding carboxylic acids is 1. The van der Waals surface area contributed by atoms with E-state index in [9.17, 15) is 14.2 Å². The van der Waals surface area contributed by atoms with E-state index in [-0.39, 0.29) is 43.6 Å². The smallest absolute Gasteiger partial charge is 0.356 e. The van der Waals surface area contributed by atoms with Gasteiger partial charge in [-0.3, -0.25) is 14.2 Å². The van der Waals surface area contributed by atoms with Gasteiger partial charge in [-0.05, 0) is 19.1 Å². The number of ether oxygens (including phenoxy) is 1. The second-order valence-corrected chi connectivity index (χ2v) is 9.88. The molecule has 1 fully saturated rings. The Morgan fingerprint density at radius 3 is 2.68 bits per heavy atom. The van der Waals surface area contributed by atoms with Gasteiger partial charge in [0, 0.05) is 11.5 Å². The summed E-state index contributed by atoms with van der Waals surface area (Å²) in [5.74, 6) is -1.33. The molecule has 12 nitrogen and oxygen atoms in total. The lowest BCUT2D eigenvalue weighted by atomic mass is 10.1. The Hall–Kier alpha value is -3.18. The van der Waals surface area contributed by atoms with Crippen molar-refractivity contribution < 1.29 is 33.0 Å². The molecule has 1 saturated heterocycles. The van der Waals surface area contributed by atoms with Crippen molar-refractivity contribution in [1.29, 1.82) is 0 Å². The van der Waals surface area contributed by atoms with Crippen molar-refractivity contribution in [3.05, 3.63) is 48.5 Å². The third-order valence-electron chi connectivity index (χ3n) is 5.12. The number of rotatable bonds is 9. The number of aliphatic carboxylic acids is 1. The van der Waals surface area contributed by atoms with E-state index < -0.39 is 19.7 Å². The molecule has 180 valence electrons. The summed E-state index contributed by atoms with van der Waals surface area (Å²) in [4.78, 5) is 36.0. The maximum Gasteiger partial charge on any atom is 0.356 e. The Kier molecular flexibility index (Phi) is 7.32. The monoisotopic (exact) mass is 489 g/mol. The topological polar surface area (TPSA) is 155 Å². The SMILES string of the molecule is C[C@H](Cn1cnc2c(NC(=O)c3ccccc3)ncnc21)OCP1(=O)OCC(CC(=O)O)CO1. The number of hydrogen-bond acceptors (Lipinski definition) is 9. The van der Waals surface area contributed by atoms with Crippen LogP contribution in [0.25, 0.3) is 11.2 Å². The maximum atomic E-state index is 12.7. The van der Waals surface area contributed by atoms with Crippen LogP contribution in [0.4, 0.5) is 5.82 Å². The number of fused-ring (bicyclic) bond motifs is 1. The number of imidazole rings is 1. The number of nitrogens with one attached hydrogen (secondary N) is 1. The second-order valence-electron chi connectivity index (χ2n) is 7.88. The molecule has 3 heterocycles. The van der Waals surface area contributed by atoms with E-state index >= 15 is 0 Å². The number of carboxylic acid groups (broad SMARTS) is 1. The number of benzene rings is 1. The van der Waals surface area contributed by atoms with Crippen molar-refractivity contribution in [2.24, 2.45) is 5.92 Å². The number of carbonyl (C=O) groups is 2. The summed E-state index contributed by atoms with van der Waals surface area (Å²) in [5, 5.41) is 11.6. The number of aromatic nitrogens is 4. The first kappa shape index (κ1) is 24.0. The number of nitrogens with zero attached hydrogens (tertiary/aromatic N) is 4. The van der Waals surface area contributed by atoms with Crippen LogP contribution in [0.5, 0.6) is 0 Å². The second kappa shape index (κ2) is 10.4. The molecule has 0 radical (unpaired) electrons. The first-order chi connectivity index (χ1) is 16.3. The van der Waals surface area contributed by atoms with Crippen LogP contribution in [-0.4, -0.2) is 62.2 Å². The standard InChI is InChI=1S/C21H24N5O7P/c1-14(31-13-34(30)32-9-15(10-33-34)7-17(27)28)8-26-12-24-18-19(22-11-23-20(18)26)25-21(29)16-5-3-2-4-6-16/h2-6,11-12,14-15H,7-10,13H2,1H3,(H,27,28)(H,22,23,25,29)/t14-,15?,34?/m1/s1. The van der Waals surface area contributed by atoms with Crippen LogP contribution in [0.15, 0.2) is 43.0 Å². The Balaban J connectivity index is 1.35. The molecule has 1 amide bonds. The summed E-state index contributed by atoms with van der Waals surface area (Å²) >= 11 is 0. The number of anilines is 1. The van der Waals surface area contributed by atoms with E-state index in [4.69, 9.17) is 18.9 Å². The molecule has 1 aromatic carbocycles. The molecule has 2 aromatic heterocycles. The summed E-state index contributed by atoms with van der Waals surface area (Å²) in [6, 6.07) is 8.76. The third-order valence-corrected chi connectivity index (χ3v) is 6.67. The van der Waals surface area contributed by atoms with Gasteiger partial charge in [0.05, 0.1) is 38.6 Å². The summed E-state index contributed by atoms with van der Waals surface area (Å²) in [7, 11) is -3.45. The van der Waals surface area contributed by atoms with Crippen molar-refractivity contribution >= 4 is 36.5 Å². The zero-order valence-electron chi connectivity index (χ0n) is 18.4. The van der Waals surface area contributed by atoms with Gasteiger partial charge in [-0.1, -0.05) is 18.2 Å². The fourth-order valence-corrected chi connectivity index (χ4v) is 4.92. The van der Waals surface area contributed by atoms with E-state index in [2.05, 4.69) is 20.3 Å². The highest BCUT2D eigenvalue weighted by Gasteiger charge is 2.34. The molecule has 2 N–H and O–H groups in total. The van der Waals surface area contributed by atoms with Crippen LogP contribution in [0, 0.1) is 5.92 Å². The minimum atomic E-state index is -3.45. The van der Waals surface area contributed by atoms with Crippen molar-refractivity contribution in [2.75, 3.05) is 24.9 Å². The fourth-order valence-electron chi connectivity index (χ4n) is 3.39. The van der Waals surface area contributed by atoms with Crippen molar-refractivity contribution in [2.45, 2.75) is 26.0 Å². The zero-order chi connectivity index (χ0) is 24.1. The molecular weight excluding hydrogens is 465 g/mol. The molecular formula is C21H24N5O7P. The van der Waals surface area contributed by atoms with Gasteiger partial charge in [-0.2, -0.15) is 0 Å². The highest BCUT2D eigenvalue weighted by molar-refractivity contribution is 7.53. The summed E-state index contributed by atoms with van der Waals surface area (Å²) < 4.78 is 30.7. The van der Waals surface area contributed by atoms with E-state index in [0.29, 0.717) is 23.3 Å². The number of hydrogen-bond donors (Lipinski definition) is 2. The average Bonchev–Trinajstić information content (AvgIpc) is 3.23. The zero-order valence-corrected chi connectivity index (χ0v) is 19.3. The van der Waals surface area contributed by atoms with Crippen LogP contribution in [0.3, 0.4) is 0 Å². The van der Waals surface area contributed by atoms with Gasteiger partial charge in [-0.25, -0.2) is 15.0 Å². The van der Waals surface area contributed by atoms with E-state index in [1.54, 1.807) is 42.1 Å². The Labute approximate surface area is 194 Å². The van der Waals surface area contributed by atoms with E-state index in [0.717, 1.165) is 0 Å². The molecule has 1 atom stereocenters. The quantitative estimate of drug-likeness (QED) is 0.429. The molecule has 0 saturated carbocycles. The molecule has 34 heavy (non-hydrogen) atoms. The predicted octanol–water partition coefficient (Wildman–Crippen LogP) is 2.77. The minimum absolute atomic E-state index is 0.0435. The first-order valence-corrected chi connectivity index (χ1v) is 12.3. The summed E-state index contributed by atoms with van der Waals surface area (Å²) in [5.41, 5.74) is 1.42. The Bertz CT molecular complexity index is 1210. The van der Waals surface area contributed by atoms with Crippen LogP contribution >= 0.6 is 7.60 Å². The van der Waals surface area contributed by atoms with Crippen LogP contribution < -0.4 is 5.32 Å². The van der Waals surface area contributed by atoms with Gasteiger partial charge >= 0.3 is 13.6 Å². The molecule has 1 aliphatic heterocycles. The molecule has 1 aliphatic rings. The van der Waals surface area contributed by atoms with Gasteiger partial charge in [0.15, 0.2) is 17.0 Å². The van der Waals surface area contributed by atoms with E-state index in [1.807, 2.05) is 6.07 Å². The Morgan fingerprint density at radius 2 is 1.97 bits per heavy atom.